The van der Waals surface area contributed by atoms with Crippen molar-refractivity contribution in [3.05, 3.63) is 29.3 Å². The Labute approximate surface area is 105 Å². The van der Waals surface area contributed by atoms with E-state index >= 15 is 0 Å². The molecule has 0 saturated heterocycles. The molecular weight excluding hydrogens is 238 g/mol. The SMILES string of the molecule is CN(C)Cc1cc(C2(CN)CC2(F)F)ccc1O. The Morgan fingerprint density at radius 2 is 2.00 bits per heavy atom. The minimum absolute atomic E-state index is 0.0772. The van der Waals surface area contributed by atoms with Crippen LogP contribution in [-0.4, -0.2) is 36.6 Å². The second-order valence-corrected chi connectivity index (χ2v) is 5.25. The van der Waals surface area contributed by atoms with E-state index in [1.165, 1.54) is 6.07 Å². The van der Waals surface area contributed by atoms with Gasteiger partial charge in [0.05, 0.1) is 5.41 Å². The minimum atomic E-state index is -2.73. The summed E-state index contributed by atoms with van der Waals surface area (Å²) in [6.07, 6.45) is -0.206. The van der Waals surface area contributed by atoms with Crippen LogP contribution in [-0.2, 0) is 12.0 Å². The van der Waals surface area contributed by atoms with E-state index in [9.17, 15) is 13.9 Å². The van der Waals surface area contributed by atoms with E-state index in [0.29, 0.717) is 17.7 Å². The predicted molar refractivity (Wildman–Crippen MR) is 65.8 cm³/mol. The smallest absolute Gasteiger partial charge is 0.260 e. The first-order chi connectivity index (χ1) is 8.32. The molecule has 0 aromatic heterocycles. The van der Waals surface area contributed by atoms with Gasteiger partial charge in [-0.3, -0.25) is 0 Å². The van der Waals surface area contributed by atoms with E-state index in [-0.39, 0.29) is 18.7 Å². The second-order valence-electron chi connectivity index (χ2n) is 5.25. The van der Waals surface area contributed by atoms with E-state index in [4.69, 9.17) is 5.73 Å². The highest BCUT2D eigenvalue weighted by Crippen LogP contribution is 2.61. The van der Waals surface area contributed by atoms with Gasteiger partial charge in [0.2, 0.25) is 0 Å². The van der Waals surface area contributed by atoms with E-state index in [0.717, 1.165) is 0 Å². The molecule has 3 N–H and O–H groups in total. The van der Waals surface area contributed by atoms with Crippen LogP contribution >= 0.6 is 0 Å². The number of nitrogens with two attached hydrogens (primary N) is 1. The number of phenolic OH excluding ortho intramolecular Hbond substituents is 1. The number of phenols is 1. The number of aromatic hydroxyl groups is 1. The third-order valence-corrected chi connectivity index (χ3v) is 3.57. The highest BCUT2D eigenvalue weighted by atomic mass is 19.3. The molecule has 0 heterocycles. The Kier molecular flexibility index (Phi) is 3.07. The number of hydrogen-bond donors (Lipinski definition) is 2. The van der Waals surface area contributed by atoms with Gasteiger partial charge in [0, 0.05) is 25.1 Å². The van der Waals surface area contributed by atoms with Crippen molar-refractivity contribution in [1.82, 2.24) is 4.90 Å². The maximum atomic E-state index is 13.5. The molecule has 0 amide bonds. The molecule has 1 aromatic rings. The Morgan fingerprint density at radius 3 is 2.44 bits per heavy atom. The zero-order chi connectivity index (χ0) is 13.6. The van der Waals surface area contributed by atoms with Crippen molar-refractivity contribution in [1.29, 1.82) is 0 Å². The Hall–Kier alpha value is -1.20. The van der Waals surface area contributed by atoms with Crippen molar-refractivity contribution in [2.45, 2.75) is 24.3 Å². The maximum absolute atomic E-state index is 13.5. The fourth-order valence-electron chi connectivity index (χ4n) is 2.34. The summed E-state index contributed by atoms with van der Waals surface area (Å²) in [5.74, 6) is -2.60. The molecule has 1 saturated carbocycles. The van der Waals surface area contributed by atoms with Crippen molar-refractivity contribution in [3.63, 3.8) is 0 Å². The molecule has 0 radical (unpaired) electrons. The fraction of sp³-hybridized carbons (Fsp3) is 0.538. The summed E-state index contributed by atoms with van der Waals surface area (Å²) in [6, 6.07) is 4.66. The highest BCUT2D eigenvalue weighted by molar-refractivity contribution is 5.45. The van der Waals surface area contributed by atoms with Crippen molar-refractivity contribution in [3.8, 4) is 5.75 Å². The first-order valence-electron chi connectivity index (χ1n) is 5.87. The average molecular weight is 256 g/mol. The summed E-state index contributed by atoms with van der Waals surface area (Å²) in [5, 5.41) is 9.73. The topological polar surface area (TPSA) is 49.5 Å². The van der Waals surface area contributed by atoms with E-state index in [1.54, 1.807) is 12.1 Å². The predicted octanol–water partition coefficient (Wildman–Crippen LogP) is 1.69. The van der Waals surface area contributed by atoms with Crippen LogP contribution in [0.25, 0.3) is 0 Å². The standard InChI is InChI=1S/C13H18F2N2O/c1-17(2)6-9-5-10(3-4-11(9)18)12(8-16)7-13(12,14)15/h3-5,18H,6-8,16H2,1-2H3. The summed E-state index contributed by atoms with van der Waals surface area (Å²) in [6.45, 7) is 0.429. The summed E-state index contributed by atoms with van der Waals surface area (Å²) in [5.41, 5.74) is 5.44. The highest BCUT2D eigenvalue weighted by Gasteiger charge is 2.71. The third kappa shape index (κ3) is 1.97. The lowest BCUT2D eigenvalue weighted by Crippen LogP contribution is -2.27. The molecule has 2 rings (SSSR count). The van der Waals surface area contributed by atoms with Crippen LogP contribution in [0.5, 0.6) is 5.75 Å². The minimum Gasteiger partial charge on any atom is -0.508 e. The number of nitrogens with zero attached hydrogens (tertiary/aromatic N) is 1. The molecule has 1 aromatic carbocycles. The van der Waals surface area contributed by atoms with E-state index < -0.39 is 11.3 Å². The molecule has 1 fully saturated rings. The molecule has 3 nitrogen and oxygen atoms in total. The maximum Gasteiger partial charge on any atom is 0.260 e. The second kappa shape index (κ2) is 4.17. The van der Waals surface area contributed by atoms with Gasteiger partial charge in [-0.05, 0) is 31.8 Å². The van der Waals surface area contributed by atoms with Gasteiger partial charge >= 0.3 is 0 Å². The van der Waals surface area contributed by atoms with Gasteiger partial charge in [-0.15, -0.1) is 0 Å². The van der Waals surface area contributed by atoms with Crippen LogP contribution in [0, 0.1) is 0 Å². The first-order valence-corrected chi connectivity index (χ1v) is 5.87. The van der Waals surface area contributed by atoms with Gasteiger partial charge in [-0.2, -0.15) is 0 Å². The summed E-state index contributed by atoms with van der Waals surface area (Å²) >= 11 is 0. The van der Waals surface area contributed by atoms with E-state index in [1.807, 2.05) is 19.0 Å². The van der Waals surface area contributed by atoms with E-state index in [2.05, 4.69) is 0 Å². The van der Waals surface area contributed by atoms with Crippen LogP contribution in [0.4, 0.5) is 8.78 Å². The number of benzene rings is 1. The van der Waals surface area contributed by atoms with Gasteiger partial charge in [0.25, 0.3) is 5.92 Å². The van der Waals surface area contributed by atoms with Gasteiger partial charge in [-0.1, -0.05) is 6.07 Å². The molecule has 0 aliphatic heterocycles. The molecule has 1 atom stereocenters. The molecule has 100 valence electrons. The fourth-order valence-corrected chi connectivity index (χ4v) is 2.34. The molecule has 1 aliphatic rings. The van der Waals surface area contributed by atoms with Crippen LogP contribution in [0.2, 0.25) is 0 Å². The number of halogens is 2. The number of alkyl halides is 2. The number of hydrogen-bond acceptors (Lipinski definition) is 3. The normalized spacial score (nSPS) is 25.4. The molecule has 1 aliphatic carbocycles. The monoisotopic (exact) mass is 256 g/mol. The van der Waals surface area contributed by atoms with Crippen LogP contribution in [0.1, 0.15) is 17.5 Å². The molecule has 5 heteroatoms. The van der Waals surface area contributed by atoms with Gasteiger partial charge in [0.15, 0.2) is 0 Å². The summed E-state index contributed by atoms with van der Waals surface area (Å²) in [7, 11) is 3.72. The Bertz CT molecular complexity index is 462. The largest absolute Gasteiger partial charge is 0.508 e. The van der Waals surface area contributed by atoms with Crippen LogP contribution < -0.4 is 5.73 Å². The van der Waals surface area contributed by atoms with Crippen molar-refractivity contribution in [2.75, 3.05) is 20.6 Å². The van der Waals surface area contributed by atoms with Crippen LogP contribution in [0.15, 0.2) is 18.2 Å². The lowest BCUT2D eigenvalue weighted by Gasteiger charge is -2.18. The first kappa shape index (κ1) is 13.2. The van der Waals surface area contributed by atoms with Crippen molar-refractivity contribution >= 4 is 0 Å². The summed E-state index contributed by atoms with van der Waals surface area (Å²) < 4.78 is 27.0. The van der Waals surface area contributed by atoms with Gasteiger partial charge in [-0.25, -0.2) is 8.78 Å². The molecule has 0 bridgehead atoms. The lowest BCUT2D eigenvalue weighted by molar-refractivity contribution is 0.0896. The van der Waals surface area contributed by atoms with Crippen molar-refractivity contribution < 1.29 is 13.9 Å². The zero-order valence-corrected chi connectivity index (χ0v) is 10.6. The summed E-state index contributed by atoms with van der Waals surface area (Å²) in [4.78, 5) is 1.87. The third-order valence-electron chi connectivity index (χ3n) is 3.57. The number of rotatable bonds is 4. The molecule has 18 heavy (non-hydrogen) atoms. The van der Waals surface area contributed by atoms with Crippen LogP contribution in [0.3, 0.4) is 0 Å². The molecule has 1 unspecified atom stereocenters. The Balaban J connectivity index is 2.36. The molecular formula is C13H18F2N2O. The van der Waals surface area contributed by atoms with Gasteiger partial charge < -0.3 is 15.7 Å². The Morgan fingerprint density at radius 1 is 1.39 bits per heavy atom. The van der Waals surface area contributed by atoms with Gasteiger partial charge in [0.1, 0.15) is 5.75 Å². The van der Waals surface area contributed by atoms with Crippen molar-refractivity contribution in [2.24, 2.45) is 5.73 Å². The zero-order valence-electron chi connectivity index (χ0n) is 10.6. The lowest BCUT2D eigenvalue weighted by atomic mass is 9.93. The molecule has 0 spiro atoms. The quantitative estimate of drug-likeness (QED) is 0.862. The average Bonchev–Trinajstić information content (AvgIpc) is 2.85.